The molecular weight excluding hydrogens is 310 g/mol. The van der Waals surface area contributed by atoms with Crippen molar-refractivity contribution >= 4 is 27.3 Å². The summed E-state index contributed by atoms with van der Waals surface area (Å²) < 4.78 is 26.4. The molecule has 2 aromatic carbocycles. The summed E-state index contributed by atoms with van der Waals surface area (Å²) in [5.41, 5.74) is 2.01. The van der Waals surface area contributed by atoms with Gasteiger partial charge in [0.2, 0.25) is 0 Å². The summed E-state index contributed by atoms with van der Waals surface area (Å²) in [5.74, 6) is 0. The van der Waals surface area contributed by atoms with E-state index in [4.69, 9.17) is 11.6 Å². The Labute approximate surface area is 129 Å². The first-order valence-electron chi connectivity index (χ1n) is 6.31. The number of aryl methyl sites for hydroxylation is 1. The second-order valence-electron chi connectivity index (χ2n) is 4.72. The van der Waals surface area contributed by atoms with Crippen molar-refractivity contribution in [2.75, 3.05) is 11.4 Å². The van der Waals surface area contributed by atoms with E-state index < -0.39 is 10.0 Å². The third kappa shape index (κ3) is 3.20. The van der Waals surface area contributed by atoms with Crippen molar-refractivity contribution in [3.8, 4) is 0 Å². The van der Waals surface area contributed by atoms with Gasteiger partial charge in [-0.25, -0.2) is 8.42 Å². The van der Waals surface area contributed by atoms with Gasteiger partial charge in [-0.15, -0.1) is 0 Å². The first-order valence-corrected chi connectivity index (χ1v) is 8.13. The van der Waals surface area contributed by atoms with Gasteiger partial charge in [-0.05, 0) is 42.8 Å². The molecule has 0 aliphatic heterocycles. The Morgan fingerprint density at radius 1 is 1.14 bits per heavy atom. The van der Waals surface area contributed by atoms with Gasteiger partial charge in [0.1, 0.15) is 0 Å². The van der Waals surface area contributed by atoms with Crippen molar-refractivity contribution < 1.29 is 13.5 Å². The van der Waals surface area contributed by atoms with E-state index in [1.807, 2.05) is 19.1 Å². The Morgan fingerprint density at radius 3 is 2.33 bits per heavy atom. The molecule has 112 valence electrons. The van der Waals surface area contributed by atoms with Gasteiger partial charge in [-0.3, -0.25) is 4.31 Å². The molecular formula is C15H16ClNO3S. The van der Waals surface area contributed by atoms with Crippen LogP contribution in [0, 0.1) is 6.92 Å². The predicted molar refractivity (Wildman–Crippen MR) is 84.1 cm³/mol. The Kier molecular flexibility index (Phi) is 4.56. The maximum absolute atomic E-state index is 12.6. The van der Waals surface area contributed by atoms with Gasteiger partial charge < -0.3 is 5.11 Å². The van der Waals surface area contributed by atoms with E-state index in [1.165, 1.54) is 29.6 Å². The molecule has 2 rings (SSSR count). The average Bonchev–Trinajstić information content (AvgIpc) is 2.47. The van der Waals surface area contributed by atoms with Gasteiger partial charge in [0.05, 0.1) is 17.2 Å². The molecule has 0 amide bonds. The maximum atomic E-state index is 12.6. The Hall–Kier alpha value is -1.56. The number of aliphatic hydroxyl groups is 1. The largest absolute Gasteiger partial charge is 0.392 e. The molecule has 4 nitrogen and oxygen atoms in total. The van der Waals surface area contributed by atoms with Gasteiger partial charge >= 0.3 is 0 Å². The molecule has 6 heteroatoms. The number of anilines is 1. The summed E-state index contributed by atoms with van der Waals surface area (Å²) in [6.07, 6.45) is 0. The van der Waals surface area contributed by atoms with E-state index in [-0.39, 0.29) is 11.5 Å². The highest BCUT2D eigenvalue weighted by Crippen LogP contribution is 2.25. The summed E-state index contributed by atoms with van der Waals surface area (Å²) in [5, 5.41) is 9.54. The molecule has 0 spiro atoms. The number of nitrogens with zero attached hydrogens (tertiary/aromatic N) is 1. The normalized spacial score (nSPS) is 11.4. The molecule has 0 fully saturated rings. The fraction of sp³-hybridized carbons (Fsp3) is 0.200. The fourth-order valence-electron chi connectivity index (χ4n) is 1.88. The Morgan fingerprint density at radius 2 is 1.76 bits per heavy atom. The summed E-state index contributed by atoms with van der Waals surface area (Å²) >= 11 is 5.89. The molecule has 0 heterocycles. The number of rotatable bonds is 4. The van der Waals surface area contributed by atoms with Gasteiger partial charge in [-0.2, -0.15) is 0 Å². The second-order valence-corrected chi connectivity index (χ2v) is 7.10. The van der Waals surface area contributed by atoms with Gasteiger partial charge in [0, 0.05) is 12.1 Å². The van der Waals surface area contributed by atoms with Crippen molar-refractivity contribution in [3.05, 3.63) is 58.6 Å². The highest BCUT2D eigenvalue weighted by molar-refractivity contribution is 7.92. The number of halogens is 1. The van der Waals surface area contributed by atoms with Crippen molar-refractivity contribution in [3.63, 3.8) is 0 Å². The van der Waals surface area contributed by atoms with Crippen LogP contribution in [0.3, 0.4) is 0 Å². The molecule has 21 heavy (non-hydrogen) atoms. The van der Waals surface area contributed by atoms with Crippen LogP contribution in [0.15, 0.2) is 47.4 Å². The first-order chi connectivity index (χ1) is 9.86. The topological polar surface area (TPSA) is 57.6 Å². The van der Waals surface area contributed by atoms with Crippen molar-refractivity contribution in [2.45, 2.75) is 18.4 Å². The molecule has 0 atom stereocenters. The average molecular weight is 326 g/mol. The number of sulfonamides is 1. The fourth-order valence-corrected chi connectivity index (χ4v) is 3.31. The minimum Gasteiger partial charge on any atom is -0.392 e. The summed E-state index contributed by atoms with van der Waals surface area (Å²) in [6.45, 7) is 1.63. The molecule has 0 unspecified atom stereocenters. The van der Waals surface area contributed by atoms with E-state index in [0.717, 1.165) is 5.56 Å². The maximum Gasteiger partial charge on any atom is 0.264 e. The monoisotopic (exact) mass is 325 g/mol. The molecule has 0 saturated carbocycles. The predicted octanol–water partition coefficient (Wildman–Crippen LogP) is 2.97. The zero-order chi connectivity index (χ0) is 15.6. The van der Waals surface area contributed by atoms with Crippen LogP contribution >= 0.6 is 11.6 Å². The van der Waals surface area contributed by atoms with Crippen LogP contribution in [0.2, 0.25) is 5.02 Å². The number of benzene rings is 2. The van der Waals surface area contributed by atoms with E-state index in [1.54, 1.807) is 12.1 Å². The SMILES string of the molecule is Cc1ccc(N(C)S(=O)(=O)c2ccc(Cl)c(CO)c2)cc1. The third-order valence-corrected chi connectivity index (χ3v) is 5.39. The lowest BCUT2D eigenvalue weighted by atomic mass is 10.2. The summed E-state index contributed by atoms with van der Waals surface area (Å²) in [4.78, 5) is 0.0963. The van der Waals surface area contributed by atoms with Crippen LogP contribution in [-0.2, 0) is 16.6 Å². The minimum absolute atomic E-state index is 0.0963. The number of aliphatic hydroxyl groups excluding tert-OH is 1. The third-order valence-electron chi connectivity index (χ3n) is 3.24. The summed E-state index contributed by atoms with van der Waals surface area (Å²) in [6, 6.07) is 11.5. The molecule has 0 aromatic heterocycles. The zero-order valence-corrected chi connectivity index (χ0v) is 13.3. The Balaban J connectivity index is 2.43. The van der Waals surface area contributed by atoms with Crippen molar-refractivity contribution in [1.82, 2.24) is 0 Å². The zero-order valence-electron chi connectivity index (χ0n) is 11.7. The van der Waals surface area contributed by atoms with Crippen LogP contribution in [0.1, 0.15) is 11.1 Å². The lowest BCUT2D eigenvalue weighted by Gasteiger charge is -2.20. The number of hydrogen-bond acceptors (Lipinski definition) is 3. The minimum atomic E-state index is -3.69. The lowest BCUT2D eigenvalue weighted by Crippen LogP contribution is -2.26. The molecule has 0 aliphatic carbocycles. The van der Waals surface area contributed by atoms with Gasteiger partial charge in [0.25, 0.3) is 10.0 Å². The Bertz CT molecular complexity index is 742. The quantitative estimate of drug-likeness (QED) is 0.940. The lowest BCUT2D eigenvalue weighted by molar-refractivity contribution is 0.281. The van der Waals surface area contributed by atoms with Crippen LogP contribution in [0.25, 0.3) is 0 Å². The number of hydrogen-bond donors (Lipinski definition) is 1. The molecule has 0 aliphatic rings. The standard InChI is InChI=1S/C15H16ClNO3S/c1-11-3-5-13(6-4-11)17(2)21(19,20)14-7-8-15(16)12(9-14)10-18/h3-9,18H,10H2,1-2H3. The van der Waals surface area contributed by atoms with E-state index in [9.17, 15) is 13.5 Å². The molecule has 0 bridgehead atoms. The van der Waals surface area contributed by atoms with Crippen LogP contribution in [-0.4, -0.2) is 20.6 Å². The van der Waals surface area contributed by atoms with E-state index in [0.29, 0.717) is 16.3 Å². The van der Waals surface area contributed by atoms with Crippen LogP contribution < -0.4 is 4.31 Å². The van der Waals surface area contributed by atoms with E-state index >= 15 is 0 Å². The molecule has 0 radical (unpaired) electrons. The van der Waals surface area contributed by atoms with Gasteiger partial charge in [0.15, 0.2) is 0 Å². The summed E-state index contributed by atoms with van der Waals surface area (Å²) in [7, 11) is -2.20. The van der Waals surface area contributed by atoms with Crippen molar-refractivity contribution in [2.24, 2.45) is 0 Å². The molecule has 0 saturated heterocycles. The smallest absolute Gasteiger partial charge is 0.264 e. The highest BCUT2D eigenvalue weighted by atomic mass is 35.5. The molecule has 1 N–H and O–H groups in total. The van der Waals surface area contributed by atoms with Crippen molar-refractivity contribution in [1.29, 1.82) is 0 Å². The second kappa shape index (κ2) is 6.05. The van der Waals surface area contributed by atoms with Gasteiger partial charge in [-0.1, -0.05) is 29.3 Å². The highest BCUT2D eigenvalue weighted by Gasteiger charge is 2.22. The first kappa shape index (κ1) is 15.8. The molecule has 2 aromatic rings. The van der Waals surface area contributed by atoms with E-state index in [2.05, 4.69) is 0 Å². The van der Waals surface area contributed by atoms with Crippen LogP contribution in [0.4, 0.5) is 5.69 Å². The van der Waals surface area contributed by atoms with Crippen LogP contribution in [0.5, 0.6) is 0 Å².